The summed E-state index contributed by atoms with van der Waals surface area (Å²) in [6, 6.07) is 14.1. The van der Waals surface area contributed by atoms with E-state index in [9.17, 15) is 4.79 Å². The lowest BCUT2D eigenvalue weighted by Gasteiger charge is -2.57. The van der Waals surface area contributed by atoms with Crippen LogP contribution in [0.5, 0.6) is 5.75 Å². The third-order valence-electron chi connectivity index (χ3n) is 5.61. The van der Waals surface area contributed by atoms with Crippen molar-refractivity contribution in [2.24, 2.45) is 11.1 Å². The fourth-order valence-electron chi connectivity index (χ4n) is 3.57. The van der Waals surface area contributed by atoms with E-state index in [1.165, 1.54) is 5.39 Å². The monoisotopic (exact) mass is 392 g/mol. The molecule has 3 rings (SSSR count). The van der Waals surface area contributed by atoms with E-state index < -0.39 is 5.54 Å². The van der Waals surface area contributed by atoms with Crippen LogP contribution in [-0.4, -0.2) is 37.3 Å². The molecular formula is C21H29ClN2O3. The third kappa shape index (κ3) is 4.05. The van der Waals surface area contributed by atoms with Crippen LogP contribution in [0, 0.1) is 5.41 Å². The number of hydrogen-bond acceptors (Lipinski definition) is 4. The molecule has 0 heterocycles. The first-order valence-electron chi connectivity index (χ1n) is 9.19. The maximum absolute atomic E-state index is 12.6. The SMILES string of the molecule is CCOC1CC(N)(C(=O)NCCOc2ccc3ccccc3c2)C1(C)C.Cl. The summed E-state index contributed by atoms with van der Waals surface area (Å²) in [6.45, 7) is 7.38. The Morgan fingerprint density at radius 2 is 1.93 bits per heavy atom. The van der Waals surface area contributed by atoms with Crippen molar-refractivity contribution >= 4 is 29.1 Å². The Balaban J connectivity index is 0.00000261. The van der Waals surface area contributed by atoms with Gasteiger partial charge >= 0.3 is 0 Å². The number of hydrogen-bond donors (Lipinski definition) is 2. The molecule has 0 radical (unpaired) electrons. The van der Waals surface area contributed by atoms with Gasteiger partial charge < -0.3 is 20.5 Å². The van der Waals surface area contributed by atoms with Gasteiger partial charge in [-0.15, -0.1) is 12.4 Å². The van der Waals surface area contributed by atoms with E-state index >= 15 is 0 Å². The Morgan fingerprint density at radius 3 is 2.59 bits per heavy atom. The normalized spacial score (nSPS) is 23.2. The van der Waals surface area contributed by atoms with Crippen LogP contribution >= 0.6 is 12.4 Å². The number of nitrogens with two attached hydrogens (primary N) is 1. The number of fused-ring (bicyclic) bond motifs is 1. The van der Waals surface area contributed by atoms with E-state index in [1.807, 2.05) is 51.1 Å². The zero-order chi connectivity index (χ0) is 18.8. The molecule has 0 aliphatic heterocycles. The Hall–Kier alpha value is -1.82. The first-order valence-corrected chi connectivity index (χ1v) is 9.19. The molecule has 5 nitrogen and oxygen atoms in total. The molecule has 1 fully saturated rings. The van der Waals surface area contributed by atoms with Gasteiger partial charge in [0.05, 0.1) is 12.6 Å². The average Bonchev–Trinajstić information content (AvgIpc) is 2.64. The van der Waals surface area contributed by atoms with Crippen molar-refractivity contribution in [3.05, 3.63) is 42.5 Å². The molecule has 2 unspecified atom stereocenters. The summed E-state index contributed by atoms with van der Waals surface area (Å²) in [5.74, 6) is 0.654. The maximum Gasteiger partial charge on any atom is 0.240 e. The van der Waals surface area contributed by atoms with E-state index in [2.05, 4.69) is 17.4 Å². The first-order chi connectivity index (χ1) is 12.4. The second-order valence-corrected chi connectivity index (χ2v) is 7.45. The van der Waals surface area contributed by atoms with Crippen molar-refractivity contribution in [1.29, 1.82) is 0 Å². The fourth-order valence-corrected chi connectivity index (χ4v) is 3.57. The highest BCUT2D eigenvalue weighted by Gasteiger charge is 2.62. The van der Waals surface area contributed by atoms with Gasteiger partial charge in [0.1, 0.15) is 17.9 Å². The molecule has 2 aromatic rings. The first kappa shape index (κ1) is 21.5. The molecule has 27 heavy (non-hydrogen) atoms. The minimum absolute atomic E-state index is 0. The molecule has 6 heteroatoms. The zero-order valence-corrected chi connectivity index (χ0v) is 17.0. The Bertz CT molecular complexity index is 796. The number of carbonyl (C=O) groups excluding carboxylic acids is 1. The average molecular weight is 393 g/mol. The molecule has 3 N–H and O–H groups in total. The van der Waals surface area contributed by atoms with Crippen LogP contribution in [0.4, 0.5) is 0 Å². The van der Waals surface area contributed by atoms with Gasteiger partial charge in [0.25, 0.3) is 0 Å². The molecule has 2 aromatic carbocycles. The van der Waals surface area contributed by atoms with E-state index in [0.29, 0.717) is 26.2 Å². The van der Waals surface area contributed by atoms with Crippen molar-refractivity contribution in [3.63, 3.8) is 0 Å². The van der Waals surface area contributed by atoms with Crippen LogP contribution in [0.3, 0.4) is 0 Å². The number of benzene rings is 2. The molecule has 2 atom stereocenters. The van der Waals surface area contributed by atoms with Gasteiger partial charge in [0.2, 0.25) is 5.91 Å². The molecule has 1 amide bonds. The molecule has 1 aliphatic carbocycles. The highest BCUT2D eigenvalue weighted by atomic mass is 35.5. The standard InChI is InChI=1S/C21H28N2O3.ClH/c1-4-25-18-14-21(22,20(18,2)3)19(24)23-11-12-26-17-10-9-15-7-5-6-8-16(15)13-17;/h5-10,13,18H,4,11-12,14,22H2,1-3H3,(H,23,24);1H. The fraction of sp³-hybridized carbons (Fsp3) is 0.476. The molecule has 0 bridgehead atoms. The number of ether oxygens (including phenoxy) is 2. The molecule has 1 aliphatic rings. The van der Waals surface area contributed by atoms with Crippen molar-refractivity contribution in [3.8, 4) is 5.75 Å². The van der Waals surface area contributed by atoms with Gasteiger partial charge in [-0.1, -0.05) is 44.2 Å². The van der Waals surface area contributed by atoms with E-state index in [0.717, 1.165) is 11.1 Å². The molecule has 148 valence electrons. The van der Waals surface area contributed by atoms with Gasteiger partial charge in [0.15, 0.2) is 0 Å². The van der Waals surface area contributed by atoms with Gasteiger partial charge in [-0.05, 0) is 29.8 Å². The summed E-state index contributed by atoms with van der Waals surface area (Å²) < 4.78 is 11.4. The third-order valence-corrected chi connectivity index (χ3v) is 5.61. The highest BCUT2D eigenvalue weighted by Crippen LogP contribution is 2.49. The van der Waals surface area contributed by atoms with Crippen LogP contribution in [0.2, 0.25) is 0 Å². The minimum Gasteiger partial charge on any atom is -0.492 e. The number of carbonyl (C=O) groups is 1. The quantitative estimate of drug-likeness (QED) is 0.709. The van der Waals surface area contributed by atoms with Crippen molar-refractivity contribution < 1.29 is 14.3 Å². The zero-order valence-electron chi connectivity index (χ0n) is 16.2. The predicted molar refractivity (Wildman–Crippen MR) is 110 cm³/mol. The lowest BCUT2D eigenvalue weighted by molar-refractivity contribution is -0.170. The van der Waals surface area contributed by atoms with Crippen LogP contribution in [0.25, 0.3) is 10.8 Å². The smallest absolute Gasteiger partial charge is 0.240 e. The summed E-state index contributed by atoms with van der Waals surface area (Å²) in [7, 11) is 0. The maximum atomic E-state index is 12.6. The van der Waals surface area contributed by atoms with Gasteiger partial charge in [-0.3, -0.25) is 4.79 Å². The molecular weight excluding hydrogens is 364 g/mol. The van der Waals surface area contributed by atoms with E-state index in [-0.39, 0.29) is 29.8 Å². The predicted octanol–water partition coefficient (Wildman–Crippen LogP) is 3.29. The summed E-state index contributed by atoms with van der Waals surface area (Å²) in [6.07, 6.45) is 0.572. The minimum atomic E-state index is -0.893. The highest BCUT2D eigenvalue weighted by molar-refractivity contribution is 5.88. The molecule has 0 saturated heterocycles. The lowest BCUT2D eigenvalue weighted by Crippen LogP contribution is -2.75. The van der Waals surface area contributed by atoms with Crippen LogP contribution in [0.1, 0.15) is 27.2 Å². The summed E-state index contributed by atoms with van der Waals surface area (Å²) in [5.41, 5.74) is 5.09. The van der Waals surface area contributed by atoms with Crippen LogP contribution in [0.15, 0.2) is 42.5 Å². The van der Waals surface area contributed by atoms with Gasteiger partial charge in [-0.2, -0.15) is 0 Å². The lowest BCUT2D eigenvalue weighted by atomic mass is 9.54. The summed E-state index contributed by atoms with van der Waals surface area (Å²) in [4.78, 5) is 12.6. The number of rotatable bonds is 7. The Morgan fingerprint density at radius 1 is 1.22 bits per heavy atom. The summed E-state index contributed by atoms with van der Waals surface area (Å²) in [5, 5.41) is 5.21. The molecule has 0 spiro atoms. The topological polar surface area (TPSA) is 73.6 Å². The number of halogens is 1. The van der Waals surface area contributed by atoms with Crippen molar-refractivity contribution in [2.75, 3.05) is 19.8 Å². The number of nitrogens with one attached hydrogen (secondary N) is 1. The van der Waals surface area contributed by atoms with E-state index in [1.54, 1.807) is 0 Å². The van der Waals surface area contributed by atoms with Crippen LogP contribution < -0.4 is 15.8 Å². The number of amides is 1. The Labute approximate surface area is 167 Å². The second kappa shape index (κ2) is 8.46. The van der Waals surface area contributed by atoms with Gasteiger partial charge in [0, 0.05) is 18.4 Å². The molecule has 0 aromatic heterocycles. The second-order valence-electron chi connectivity index (χ2n) is 7.45. The van der Waals surface area contributed by atoms with Gasteiger partial charge in [-0.25, -0.2) is 0 Å². The van der Waals surface area contributed by atoms with Crippen molar-refractivity contribution in [1.82, 2.24) is 5.32 Å². The summed E-state index contributed by atoms with van der Waals surface area (Å²) >= 11 is 0. The van der Waals surface area contributed by atoms with Crippen molar-refractivity contribution in [2.45, 2.75) is 38.8 Å². The molecule has 1 saturated carbocycles. The van der Waals surface area contributed by atoms with E-state index in [4.69, 9.17) is 15.2 Å². The largest absolute Gasteiger partial charge is 0.492 e. The Kier molecular flexibility index (Phi) is 6.73. The van der Waals surface area contributed by atoms with Crippen LogP contribution in [-0.2, 0) is 9.53 Å².